The average Bonchev–Trinajstić information content (AvgIpc) is 3.27. The Bertz CT molecular complexity index is 1630. The molecule has 0 saturated heterocycles. The van der Waals surface area contributed by atoms with E-state index in [1.165, 1.54) is 0 Å². The topological polar surface area (TPSA) is 138 Å². The molecule has 1 aliphatic heterocycles. The van der Waals surface area contributed by atoms with Crippen LogP contribution in [0.1, 0.15) is 24.8 Å². The number of oxazole rings is 1. The zero-order valence-electron chi connectivity index (χ0n) is 20.1. The van der Waals surface area contributed by atoms with Crippen molar-refractivity contribution >= 4 is 54.7 Å². The van der Waals surface area contributed by atoms with Gasteiger partial charge in [-0.15, -0.1) is 0 Å². The summed E-state index contributed by atoms with van der Waals surface area (Å²) >= 11 is 6.16. The number of nitrogens with zero attached hydrogens (tertiary/aromatic N) is 2. The maximum Gasteiger partial charge on any atom is 0.374 e. The van der Waals surface area contributed by atoms with Crippen molar-refractivity contribution in [3.63, 3.8) is 0 Å². The van der Waals surface area contributed by atoms with Crippen molar-refractivity contribution < 1.29 is 39.7 Å². The SMILES string of the molecule is CC(/C=C1\Oc2ccc(C)cc2N1CCS(=O)(=O)O)=C\c1oc2ccc(Cl)cc2[n+]1CCCS(=O)(=O)O. The van der Waals surface area contributed by atoms with Crippen LogP contribution in [0, 0.1) is 6.92 Å². The van der Waals surface area contributed by atoms with Crippen LogP contribution in [0.2, 0.25) is 5.02 Å². The zero-order chi connectivity index (χ0) is 27.0. The Kier molecular flexibility index (Phi) is 7.67. The summed E-state index contributed by atoms with van der Waals surface area (Å²) in [7, 11) is -8.32. The highest BCUT2D eigenvalue weighted by molar-refractivity contribution is 7.86. The summed E-state index contributed by atoms with van der Waals surface area (Å²) in [4.78, 5) is 1.67. The lowest BCUT2D eigenvalue weighted by molar-refractivity contribution is -0.677. The molecule has 0 bridgehead atoms. The molecule has 2 aromatic carbocycles. The summed E-state index contributed by atoms with van der Waals surface area (Å²) in [6.07, 6.45) is 3.59. The number of allylic oxidation sites excluding steroid dienone is 2. The number of aromatic nitrogens is 1. The first-order valence-electron chi connectivity index (χ1n) is 11.3. The van der Waals surface area contributed by atoms with Crippen LogP contribution >= 0.6 is 11.6 Å². The summed E-state index contributed by atoms with van der Waals surface area (Å²) < 4.78 is 77.4. The minimum atomic E-state index is -4.20. The zero-order valence-corrected chi connectivity index (χ0v) is 22.5. The van der Waals surface area contributed by atoms with Gasteiger partial charge in [-0.3, -0.25) is 9.11 Å². The number of hydrogen-bond donors (Lipinski definition) is 2. The van der Waals surface area contributed by atoms with E-state index in [1.54, 1.807) is 52.8 Å². The highest BCUT2D eigenvalue weighted by Gasteiger charge is 2.28. The molecule has 0 aliphatic carbocycles. The largest absolute Gasteiger partial charge is 0.439 e. The van der Waals surface area contributed by atoms with Crippen molar-refractivity contribution in [3.05, 3.63) is 70.4 Å². The Morgan fingerprint density at radius 1 is 1.08 bits per heavy atom. The second kappa shape index (κ2) is 10.5. The highest BCUT2D eigenvalue weighted by atomic mass is 35.5. The third kappa shape index (κ3) is 6.90. The highest BCUT2D eigenvalue weighted by Crippen LogP contribution is 2.39. The minimum Gasteiger partial charge on any atom is -0.439 e. The average molecular weight is 570 g/mol. The quantitative estimate of drug-likeness (QED) is 0.289. The second-order valence-electron chi connectivity index (χ2n) is 8.73. The van der Waals surface area contributed by atoms with Crippen molar-refractivity contribution in [3.8, 4) is 5.75 Å². The van der Waals surface area contributed by atoms with Crippen molar-refractivity contribution in [2.24, 2.45) is 0 Å². The van der Waals surface area contributed by atoms with Gasteiger partial charge in [-0.2, -0.15) is 21.4 Å². The number of hydrogen-bond acceptors (Lipinski definition) is 7. The third-order valence-electron chi connectivity index (χ3n) is 5.64. The molecule has 10 nitrogen and oxygen atoms in total. The number of fused-ring (bicyclic) bond motifs is 2. The molecule has 13 heteroatoms. The molecule has 2 N–H and O–H groups in total. The number of aryl methyl sites for hydroxylation is 2. The number of rotatable bonds is 9. The summed E-state index contributed by atoms with van der Waals surface area (Å²) in [5.74, 6) is 0.446. The van der Waals surface area contributed by atoms with Gasteiger partial charge in [0.15, 0.2) is 12.3 Å². The van der Waals surface area contributed by atoms with Crippen LogP contribution in [-0.4, -0.2) is 44.0 Å². The summed E-state index contributed by atoms with van der Waals surface area (Å²) in [6, 6.07) is 10.6. The van der Waals surface area contributed by atoms with E-state index in [-0.39, 0.29) is 19.5 Å². The number of halogens is 1. The van der Waals surface area contributed by atoms with Crippen LogP contribution in [-0.2, 0) is 26.8 Å². The Hall–Kier alpha value is -2.90. The molecule has 0 fully saturated rings. The Morgan fingerprint density at radius 3 is 2.51 bits per heavy atom. The summed E-state index contributed by atoms with van der Waals surface area (Å²) in [6.45, 7) is 3.93. The lowest BCUT2D eigenvalue weighted by Crippen LogP contribution is -2.36. The normalized spacial score (nSPS) is 15.4. The standard InChI is InChI=1S/C24H25ClN2O8S2/c1-16-4-6-21-19(12-16)27(9-11-37(31,32)33)24(34-21)14-17(2)13-23-26(8-3-10-36(28,29)30)20-15-18(25)5-7-22(20)35-23/h4-7,12-15H,3,8-11H2,1-2H3,(H-,28,29,30,31,32,33)/p+1. The third-order valence-corrected chi connectivity index (χ3v) is 7.38. The number of benzene rings is 2. The molecule has 1 aromatic heterocycles. The molecule has 198 valence electrons. The first kappa shape index (κ1) is 27.1. The van der Waals surface area contributed by atoms with E-state index in [0.717, 1.165) is 5.56 Å². The van der Waals surface area contributed by atoms with E-state index >= 15 is 0 Å². The van der Waals surface area contributed by atoms with Gasteiger partial charge >= 0.3 is 5.89 Å². The molecule has 0 spiro atoms. The molecule has 4 rings (SSSR count). The Morgan fingerprint density at radius 2 is 1.81 bits per heavy atom. The van der Waals surface area contributed by atoms with E-state index < -0.39 is 31.7 Å². The predicted octanol–water partition coefficient (Wildman–Crippen LogP) is 3.99. The van der Waals surface area contributed by atoms with Gasteiger partial charge in [0.05, 0.1) is 23.3 Å². The van der Waals surface area contributed by atoms with E-state index in [1.807, 2.05) is 19.1 Å². The molecule has 3 aromatic rings. The molecule has 0 unspecified atom stereocenters. The van der Waals surface area contributed by atoms with Crippen LogP contribution < -0.4 is 14.2 Å². The molecular weight excluding hydrogens is 544 g/mol. The summed E-state index contributed by atoms with van der Waals surface area (Å²) in [5, 5.41) is 0.480. The van der Waals surface area contributed by atoms with Gasteiger partial charge in [-0.25, -0.2) is 0 Å². The fourth-order valence-electron chi connectivity index (χ4n) is 4.00. The summed E-state index contributed by atoms with van der Waals surface area (Å²) in [5.41, 5.74) is 3.52. The molecule has 0 radical (unpaired) electrons. The van der Waals surface area contributed by atoms with Crippen LogP contribution in [0.15, 0.2) is 58.3 Å². The molecule has 0 atom stereocenters. The van der Waals surface area contributed by atoms with Gasteiger partial charge in [0.2, 0.25) is 11.5 Å². The van der Waals surface area contributed by atoms with E-state index in [9.17, 15) is 21.4 Å². The maximum absolute atomic E-state index is 11.4. The molecule has 0 amide bonds. The van der Waals surface area contributed by atoms with Gasteiger partial charge in [-0.1, -0.05) is 17.7 Å². The van der Waals surface area contributed by atoms with Crippen LogP contribution in [0.5, 0.6) is 5.75 Å². The van der Waals surface area contributed by atoms with Crippen molar-refractivity contribution in [2.75, 3.05) is 23.0 Å². The first-order chi connectivity index (χ1) is 17.3. The van der Waals surface area contributed by atoms with Crippen molar-refractivity contribution in [1.29, 1.82) is 0 Å². The maximum atomic E-state index is 11.4. The Balaban J connectivity index is 1.70. The van der Waals surface area contributed by atoms with Crippen LogP contribution in [0.25, 0.3) is 17.2 Å². The second-order valence-corrected chi connectivity index (χ2v) is 12.3. The van der Waals surface area contributed by atoms with Crippen LogP contribution in [0.3, 0.4) is 0 Å². The van der Waals surface area contributed by atoms with E-state index in [4.69, 9.17) is 25.3 Å². The lowest BCUT2D eigenvalue weighted by atomic mass is 10.2. The van der Waals surface area contributed by atoms with Crippen LogP contribution in [0.4, 0.5) is 5.69 Å². The van der Waals surface area contributed by atoms with Gasteiger partial charge in [0.25, 0.3) is 25.8 Å². The fraction of sp³-hybridized carbons (Fsp3) is 0.292. The Labute approximate surface area is 219 Å². The van der Waals surface area contributed by atoms with Gasteiger partial charge in [-0.05, 0) is 49.2 Å². The minimum absolute atomic E-state index is 0.0207. The smallest absolute Gasteiger partial charge is 0.374 e. The monoisotopic (exact) mass is 569 g/mol. The number of anilines is 1. The number of ether oxygens (including phenoxy) is 1. The predicted molar refractivity (Wildman–Crippen MR) is 140 cm³/mol. The van der Waals surface area contributed by atoms with E-state index in [0.29, 0.717) is 44.9 Å². The van der Waals surface area contributed by atoms with Gasteiger partial charge in [0, 0.05) is 30.1 Å². The molecule has 0 saturated carbocycles. The molecular formula is C24H26ClN2O8S2+. The lowest BCUT2D eigenvalue weighted by Gasteiger charge is -2.17. The van der Waals surface area contributed by atoms with Gasteiger partial charge < -0.3 is 14.1 Å². The first-order valence-corrected chi connectivity index (χ1v) is 14.9. The fourth-order valence-corrected chi connectivity index (χ4v) is 5.08. The van der Waals surface area contributed by atoms with E-state index in [2.05, 4.69) is 0 Å². The van der Waals surface area contributed by atoms with Crippen molar-refractivity contribution in [2.45, 2.75) is 26.8 Å². The van der Waals surface area contributed by atoms with Gasteiger partial charge in [0.1, 0.15) is 0 Å². The van der Waals surface area contributed by atoms with Crippen molar-refractivity contribution in [1.82, 2.24) is 0 Å². The molecule has 37 heavy (non-hydrogen) atoms. The molecule has 2 heterocycles. The molecule has 1 aliphatic rings.